The van der Waals surface area contributed by atoms with Crippen molar-refractivity contribution in [2.45, 2.75) is 51.1 Å². The summed E-state index contributed by atoms with van der Waals surface area (Å²) in [4.78, 5) is 21.9. The van der Waals surface area contributed by atoms with E-state index in [-0.39, 0.29) is 5.91 Å². The Balaban J connectivity index is 1.48. The molecule has 2 aromatic rings. The maximum Gasteiger partial charge on any atom is 0.263 e. The lowest BCUT2D eigenvalue weighted by molar-refractivity contribution is -0.132. The van der Waals surface area contributed by atoms with Gasteiger partial charge in [-0.1, -0.05) is 0 Å². The van der Waals surface area contributed by atoms with Gasteiger partial charge in [-0.2, -0.15) is 0 Å². The number of aryl methyl sites for hydroxylation is 1. The highest BCUT2D eigenvalue weighted by Crippen LogP contribution is 2.30. The van der Waals surface area contributed by atoms with E-state index in [1.54, 1.807) is 12.3 Å². The lowest BCUT2D eigenvalue weighted by Gasteiger charge is -2.33. The van der Waals surface area contributed by atoms with Crippen LogP contribution in [0.25, 0.3) is 11.7 Å². The molecule has 0 bridgehead atoms. The molecule has 0 unspecified atom stereocenters. The van der Waals surface area contributed by atoms with Crippen molar-refractivity contribution >= 4 is 5.91 Å². The van der Waals surface area contributed by atoms with Crippen molar-refractivity contribution in [1.29, 1.82) is 0 Å². The second-order valence-corrected chi connectivity index (χ2v) is 7.16. The van der Waals surface area contributed by atoms with Gasteiger partial charge in [0.05, 0.1) is 18.4 Å². The van der Waals surface area contributed by atoms with E-state index in [2.05, 4.69) is 21.8 Å². The zero-order chi connectivity index (χ0) is 17.4. The molecule has 0 saturated carbocycles. The van der Waals surface area contributed by atoms with Crippen molar-refractivity contribution in [3.05, 3.63) is 29.9 Å². The molecule has 2 fully saturated rings. The SMILES string of the molecule is Cc1oc(-c2ccco2)nc1CC(=O)N1CCC[C@H]1[C@@H]1CCCN1C. The van der Waals surface area contributed by atoms with Crippen LogP contribution in [0.2, 0.25) is 0 Å². The summed E-state index contributed by atoms with van der Waals surface area (Å²) in [5.74, 6) is 1.88. The summed E-state index contributed by atoms with van der Waals surface area (Å²) in [5, 5.41) is 0. The molecule has 4 heterocycles. The van der Waals surface area contributed by atoms with E-state index in [1.807, 2.05) is 13.0 Å². The van der Waals surface area contributed by atoms with Crippen LogP contribution >= 0.6 is 0 Å². The van der Waals surface area contributed by atoms with Crippen molar-refractivity contribution in [1.82, 2.24) is 14.8 Å². The molecule has 134 valence electrons. The summed E-state index contributed by atoms with van der Waals surface area (Å²) < 4.78 is 11.0. The van der Waals surface area contributed by atoms with Crippen molar-refractivity contribution in [3.8, 4) is 11.7 Å². The first-order chi connectivity index (χ1) is 12.1. The van der Waals surface area contributed by atoms with Gasteiger partial charge in [0.2, 0.25) is 5.91 Å². The third-order valence-corrected chi connectivity index (χ3v) is 5.58. The summed E-state index contributed by atoms with van der Waals surface area (Å²) in [5.41, 5.74) is 0.710. The zero-order valence-corrected chi connectivity index (χ0v) is 14.9. The average molecular weight is 343 g/mol. The van der Waals surface area contributed by atoms with Crippen molar-refractivity contribution in [2.75, 3.05) is 20.1 Å². The first-order valence-corrected chi connectivity index (χ1v) is 9.13. The van der Waals surface area contributed by atoms with Crippen LogP contribution in [0.5, 0.6) is 0 Å². The van der Waals surface area contributed by atoms with Crippen molar-refractivity contribution in [2.24, 2.45) is 0 Å². The topological polar surface area (TPSA) is 62.7 Å². The van der Waals surface area contributed by atoms with Gasteiger partial charge in [0.25, 0.3) is 5.89 Å². The predicted molar refractivity (Wildman–Crippen MR) is 93.0 cm³/mol. The predicted octanol–water partition coefficient (Wildman–Crippen LogP) is 2.87. The molecule has 0 aromatic carbocycles. The number of carbonyl (C=O) groups is 1. The smallest absolute Gasteiger partial charge is 0.263 e. The molecule has 2 aliphatic rings. The van der Waals surface area contributed by atoms with Crippen LogP contribution in [0.3, 0.4) is 0 Å². The molecule has 2 atom stereocenters. The van der Waals surface area contributed by atoms with Gasteiger partial charge in [-0.15, -0.1) is 0 Å². The van der Waals surface area contributed by atoms with Crippen molar-refractivity contribution in [3.63, 3.8) is 0 Å². The molecule has 2 saturated heterocycles. The number of hydrogen-bond acceptors (Lipinski definition) is 5. The summed E-state index contributed by atoms with van der Waals surface area (Å²) in [6, 6.07) is 4.45. The van der Waals surface area contributed by atoms with Crippen LogP contribution in [0.4, 0.5) is 0 Å². The number of likely N-dealkylation sites (N-methyl/N-ethyl adjacent to an activating group) is 1. The maximum absolute atomic E-state index is 12.9. The van der Waals surface area contributed by atoms with Gasteiger partial charge in [0, 0.05) is 18.6 Å². The second-order valence-electron chi connectivity index (χ2n) is 7.16. The minimum atomic E-state index is 0.158. The van der Waals surface area contributed by atoms with Gasteiger partial charge in [-0.3, -0.25) is 4.79 Å². The number of hydrogen-bond donors (Lipinski definition) is 0. The molecule has 0 radical (unpaired) electrons. The van der Waals surface area contributed by atoms with Crippen LogP contribution in [-0.4, -0.2) is 52.9 Å². The Morgan fingerprint density at radius 2 is 2.08 bits per heavy atom. The largest absolute Gasteiger partial charge is 0.459 e. The fourth-order valence-corrected chi connectivity index (χ4v) is 4.27. The monoisotopic (exact) mass is 343 g/mol. The third kappa shape index (κ3) is 3.11. The number of likely N-dealkylation sites (tertiary alicyclic amines) is 2. The molecule has 6 heteroatoms. The molecule has 4 rings (SSSR count). The number of rotatable bonds is 4. The Bertz CT molecular complexity index is 737. The Hall–Kier alpha value is -2.08. The van der Waals surface area contributed by atoms with Crippen molar-refractivity contribution < 1.29 is 13.6 Å². The summed E-state index contributed by atoms with van der Waals surface area (Å²) in [6.45, 7) is 3.85. The fraction of sp³-hybridized carbons (Fsp3) is 0.579. The highest BCUT2D eigenvalue weighted by atomic mass is 16.4. The Kier molecular flexibility index (Phi) is 4.37. The Labute approximate surface area is 147 Å². The number of oxazole rings is 1. The minimum absolute atomic E-state index is 0.158. The highest BCUT2D eigenvalue weighted by Gasteiger charge is 2.38. The van der Waals surface area contributed by atoms with Crippen LogP contribution in [0, 0.1) is 6.92 Å². The van der Waals surface area contributed by atoms with Gasteiger partial charge in [0.15, 0.2) is 5.76 Å². The summed E-state index contributed by atoms with van der Waals surface area (Å²) in [6.07, 6.45) is 6.51. The highest BCUT2D eigenvalue weighted by molar-refractivity contribution is 5.79. The van der Waals surface area contributed by atoms with Gasteiger partial charge < -0.3 is 18.6 Å². The van der Waals surface area contributed by atoms with Gasteiger partial charge >= 0.3 is 0 Å². The fourth-order valence-electron chi connectivity index (χ4n) is 4.27. The molecule has 0 aliphatic carbocycles. The van der Waals surface area contributed by atoms with Gasteiger partial charge in [-0.25, -0.2) is 4.98 Å². The molecule has 0 N–H and O–H groups in total. The zero-order valence-electron chi connectivity index (χ0n) is 14.9. The minimum Gasteiger partial charge on any atom is -0.459 e. The molecule has 2 aliphatic heterocycles. The quantitative estimate of drug-likeness (QED) is 0.854. The van der Waals surface area contributed by atoms with Crippen LogP contribution in [-0.2, 0) is 11.2 Å². The molecular weight excluding hydrogens is 318 g/mol. The lowest BCUT2D eigenvalue weighted by Crippen LogP contribution is -2.47. The third-order valence-electron chi connectivity index (χ3n) is 5.58. The summed E-state index contributed by atoms with van der Waals surface area (Å²) >= 11 is 0. The first kappa shape index (κ1) is 16.4. The second kappa shape index (κ2) is 6.67. The molecule has 25 heavy (non-hydrogen) atoms. The van der Waals surface area contributed by atoms with E-state index in [1.165, 1.54) is 12.8 Å². The molecular formula is C19H25N3O3. The van der Waals surface area contributed by atoms with Crippen LogP contribution < -0.4 is 0 Å². The van der Waals surface area contributed by atoms with E-state index in [9.17, 15) is 4.79 Å². The number of amides is 1. The van der Waals surface area contributed by atoms with Crippen LogP contribution in [0.15, 0.2) is 27.2 Å². The number of carbonyl (C=O) groups excluding carboxylic acids is 1. The van der Waals surface area contributed by atoms with Crippen LogP contribution in [0.1, 0.15) is 37.1 Å². The molecule has 6 nitrogen and oxygen atoms in total. The molecule has 2 aromatic heterocycles. The average Bonchev–Trinajstić information content (AvgIpc) is 3.34. The lowest BCUT2D eigenvalue weighted by atomic mass is 10.0. The van der Waals surface area contributed by atoms with Gasteiger partial charge in [0.1, 0.15) is 5.76 Å². The normalized spacial score (nSPS) is 24.3. The number of nitrogens with zero attached hydrogens (tertiary/aromatic N) is 3. The molecule has 1 amide bonds. The van der Waals surface area contributed by atoms with E-state index in [4.69, 9.17) is 8.83 Å². The van der Waals surface area contributed by atoms with E-state index in [0.717, 1.165) is 25.9 Å². The summed E-state index contributed by atoms with van der Waals surface area (Å²) in [7, 11) is 2.18. The standard InChI is InChI=1S/C19H25N3O3/c1-13-14(20-19(25-13)17-8-5-11-24-17)12-18(23)22-10-4-7-16(22)15-6-3-9-21(15)2/h5,8,11,15-16H,3-4,6-7,9-10,12H2,1-2H3/t15-,16-/m0/s1. The molecule has 0 spiro atoms. The van der Waals surface area contributed by atoms with E-state index >= 15 is 0 Å². The van der Waals surface area contributed by atoms with Gasteiger partial charge in [-0.05, 0) is 58.3 Å². The Morgan fingerprint density at radius 3 is 2.80 bits per heavy atom. The Morgan fingerprint density at radius 1 is 1.28 bits per heavy atom. The first-order valence-electron chi connectivity index (χ1n) is 9.13. The van der Waals surface area contributed by atoms with E-state index < -0.39 is 0 Å². The van der Waals surface area contributed by atoms with E-state index in [0.29, 0.717) is 41.6 Å². The number of aromatic nitrogens is 1. The number of furan rings is 1. The maximum atomic E-state index is 12.9.